The fourth-order valence-electron chi connectivity index (χ4n) is 13.4. The SMILES string of the molecule is C=CCN1C(=O)c2ccc(C(C)(C)C)nc2N2C[C@@H](CCC(c3ccccc3)N(CC(C)C)c3cccc(n3)S1(=O)=O)CC2(C)C.CC(C)CN1c2cccc(n2)S(=O)(=O)NC(=O)c2ccc(C(C)(C)C)nc2N2C[C@@H](CCC1c1ccccc1)CC2(C)C. The van der Waals surface area contributed by atoms with Crippen LogP contribution in [0.25, 0.3) is 0 Å². The smallest absolute Gasteiger partial charge is 0.284 e. The van der Waals surface area contributed by atoms with Crippen LogP contribution < -0.4 is 24.3 Å². The van der Waals surface area contributed by atoms with Gasteiger partial charge >= 0.3 is 0 Å². The Morgan fingerprint density at radius 1 is 0.562 bits per heavy atom. The molecule has 18 heteroatoms. The number of carbonyl (C=O) groups excluding carboxylic acids is 2. The van der Waals surface area contributed by atoms with E-state index < -0.39 is 31.9 Å². The van der Waals surface area contributed by atoms with E-state index in [0.29, 0.717) is 60.0 Å². The molecule has 4 atom stereocenters. The molecular weight excluding hydrogens is 1150 g/mol. The van der Waals surface area contributed by atoms with Gasteiger partial charge in [0, 0.05) is 59.5 Å². The molecule has 476 valence electrons. The number of benzene rings is 2. The van der Waals surface area contributed by atoms with Gasteiger partial charge in [-0.2, -0.15) is 16.8 Å². The Morgan fingerprint density at radius 3 is 1.43 bits per heavy atom. The largest absolute Gasteiger partial charge is 0.351 e. The van der Waals surface area contributed by atoms with Crippen molar-refractivity contribution >= 4 is 55.1 Å². The van der Waals surface area contributed by atoms with Crippen LogP contribution in [0.15, 0.2) is 144 Å². The highest BCUT2D eigenvalue weighted by atomic mass is 32.2. The van der Waals surface area contributed by atoms with Crippen LogP contribution >= 0.6 is 0 Å². The molecule has 0 radical (unpaired) electrons. The summed E-state index contributed by atoms with van der Waals surface area (Å²) in [5.74, 6) is 2.22. The lowest BCUT2D eigenvalue weighted by Gasteiger charge is -2.36. The number of nitrogens with one attached hydrogen (secondary N) is 1. The molecular formula is C71H94N10O6S2. The molecule has 6 aromatic rings. The number of rotatable bonds is 8. The Hall–Kier alpha value is -7.18. The summed E-state index contributed by atoms with van der Waals surface area (Å²) in [6.07, 6.45) is 6.97. The second kappa shape index (κ2) is 26.0. The number of hydrogen-bond acceptors (Lipinski definition) is 14. The summed E-state index contributed by atoms with van der Waals surface area (Å²) in [5, 5.41) is -0.351. The predicted molar refractivity (Wildman–Crippen MR) is 358 cm³/mol. The van der Waals surface area contributed by atoms with E-state index in [1.165, 1.54) is 29.3 Å². The van der Waals surface area contributed by atoms with Crippen molar-refractivity contribution in [1.29, 1.82) is 0 Å². The van der Waals surface area contributed by atoms with Gasteiger partial charge in [0.05, 0.1) is 29.8 Å². The molecule has 0 spiro atoms. The molecule has 2 saturated heterocycles. The number of hydrogen-bond donors (Lipinski definition) is 1. The minimum Gasteiger partial charge on any atom is -0.351 e. The average molecular weight is 1250 g/mol. The lowest BCUT2D eigenvalue weighted by molar-refractivity contribution is 0.0870. The molecule has 8 bridgehead atoms. The number of anilines is 4. The first-order chi connectivity index (χ1) is 41.8. The number of sulfonamides is 2. The molecule has 0 aliphatic carbocycles. The van der Waals surface area contributed by atoms with Crippen molar-refractivity contribution in [2.45, 2.75) is 180 Å². The quantitative estimate of drug-likeness (QED) is 0.142. The summed E-state index contributed by atoms with van der Waals surface area (Å²) in [6, 6.07) is 38.1. The topological polar surface area (TPSA) is 182 Å². The van der Waals surface area contributed by atoms with Crippen LogP contribution in [0.3, 0.4) is 0 Å². The maximum Gasteiger partial charge on any atom is 0.284 e. The second-order valence-corrected chi connectivity index (χ2v) is 32.4. The third-order valence-corrected chi connectivity index (χ3v) is 20.6. The van der Waals surface area contributed by atoms with Crippen LogP contribution in [-0.2, 0) is 30.9 Å². The number of pyridine rings is 4. The van der Waals surface area contributed by atoms with Crippen LogP contribution in [0, 0.1) is 23.7 Å². The van der Waals surface area contributed by atoms with E-state index >= 15 is 0 Å². The zero-order valence-electron chi connectivity index (χ0n) is 54.9. The Kier molecular flexibility index (Phi) is 19.3. The van der Waals surface area contributed by atoms with Gasteiger partial charge in [0.15, 0.2) is 10.1 Å². The van der Waals surface area contributed by atoms with E-state index in [4.69, 9.17) is 15.0 Å². The van der Waals surface area contributed by atoms with Crippen LogP contribution in [0.5, 0.6) is 0 Å². The molecule has 2 aromatic carbocycles. The van der Waals surface area contributed by atoms with Crippen LogP contribution in [0.4, 0.5) is 23.3 Å². The molecule has 10 rings (SSSR count). The minimum absolute atomic E-state index is 0.00356. The van der Waals surface area contributed by atoms with Crippen molar-refractivity contribution in [3.63, 3.8) is 0 Å². The zero-order chi connectivity index (χ0) is 64.6. The van der Waals surface area contributed by atoms with Crippen molar-refractivity contribution in [3.05, 3.63) is 168 Å². The molecule has 2 unspecified atom stereocenters. The fraction of sp³-hybridized carbons (Fsp3) is 0.493. The molecule has 8 heterocycles. The van der Waals surface area contributed by atoms with Gasteiger partial charge in [-0.05, 0) is 150 Å². The number of fused-ring (bicyclic) bond motifs is 12. The highest BCUT2D eigenvalue weighted by molar-refractivity contribution is 7.90. The lowest BCUT2D eigenvalue weighted by Crippen LogP contribution is -2.42. The van der Waals surface area contributed by atoms with Crippen molar-refractivity contribution in [1.82, 2.24) is 29.0 Å². The average Bonchev–Trinajstić information content (AvgIpc) is 1.78. The molecule has 2 fully saturated rings. The summed E-state index contributed by atoms with van der Waals surface area (Å²) in [6.45, 7) is 36.4. The van der Waals surface area contributed by atoms with E-state index in [-0.39, 0.29) is 61.7 Å². The van der Waals surface area contributed by atoms with E-state index in [0.717, 1.165) is 67.3 Å². The minimum atomic E-state index is -4.36. The molecule has 1 N–H and O–H groups in total. The normalized spacial score (nSPS) is 21.7. The van der Waals surface area contributed by atoms with Crippen LogP contribution in [0.1, 0.15) is 191 Å². The van der Waals surface area contributed by atoms with Crippen molar-refractivity contribution in [2.24, 2.45) is 23.7 Å². The van der Waals surface area contributed by atoms with E-state index in [1.54, 1.807) is 24.3 Å². The monoisotopic (exact) mass is 1250 g/mol. The van der Waals surface area contributed by atoms with Gasteiger partial charge in [0.2, 0.25) is 0 Å². The first-order valence-electron chi connectivity index (χ1n) is 31.7. The van der Waals surface area contributed by atoms with Gasteiger partial charge in [-0.15, -0.1) is 6.58 Å². The predicted octanol–water partition coefficient (Wildman–Crippen LogP) is 13.9. The number of carbonyl (C=O) groups is 2. The summed E-state index contributed by atoms with van der Waals surface area (Å²) in [7, 11) is -8.63. The first kappa shape index (κ1) is 66.2. The van der Waals surface area contributed by atoms with Gasteiger partial charge in [-0.1, -0.05) is 148 Å². The lowest BCUT2D eigenvalue weighted by atomic mass is 9.89. The van der Waals surface area contributed by atoms with Crippen molar-refractivity contribution < 1.29 is 26.4 Å². The van der Waals surface area contributed by atoms with E-state index in [2.05, 4.69) is 181 Å². The Morgan fingerprint density at radius 2 is 0.989 bits per heavy atom. The molecule has 2 amide bonds. The first-order valence-corrected chi connectivity index (χ1v) is 34.6. The molecule has 16 nitrogen and oxygen atoms in total. The van der Waals surface area contributed by atoms with E-state index in [9.17, 15) is 26.4 Å². The molecule has 4 aliphatic rings. The number of amides is 2. The number of aromatic nitrogens is 4. The highest BCUT2D eigenvalue weighted by Crippen LogP contribution is 2.45. The van der Waals surface area contributed by atoms with Crippen LogP contribution in [-0.4, -0.2) is 96.7 Å². The standard InChI is InChI=1S/C37H49N5O3S.C34H45N5O3S/c1-9-22-42-35(43)29-19-21-31(36(4,5)6)38-34(29)41-25-27(23-37(41,7)8)18-20-30(28-14-11-10-12-15-28)40(24-26(2)3)32-16-13-17-33(39-32)46(42,44)45;1-23(2)21-38-27(25-12-9-8-10-13-25)18-16-24-20-34(6,7)39(22-24)31-26(17-19-28(35-31)33(3,4)5)32(40)37-43(41,42)30-15-11-14-29(38)36-30/h9-17,19,21,26-27,30H,1,18,20,22-25H2,2-8H3;8-15,17,19,23-24,27H,16,18,20-22H2,1-7H3,(H,37,40)/t27-,30?;24-,27?/m00/s1. The Bertz CT molecular complexity index is 3750. The number of nitrogens with zero attached hydrogens (tertiary/aromatic N) is 9. The summed E-state index contributed by atoms with van der Waals surface area (Å²) >= 11 is 0. The van der Waals surface area contributed by atoms with Gasteiger partial charge in [0.25, 0.3) is 31.9 Å². The second-order valence-electron chi connectivity index (χ2n) is 29.0. The molecule has 89 heavy (non-hydrogen) atoms. The summed E-state index contributed by atoms with van der Waals surface area (Å²) in [4.78, 5) is 56.7. The van der Waals surface area contributed by atoms with Gasteiger partial charge in [0.1, 0.15) is 23.3 Å². The highest BCUT2D eigenvalue weighted by Gasteiger charge is 2.45. The van der Waals surface area contributed by atoms with Gasteiger partial charge in [-0.3, -0.25) is 9.59 Å². The van der Waals surface area contributed by atoms with Crippen LogP contribution in [0.2, 0.25) is 0 Å². The maximum absolute atomic E-state index is 14.5. The third-order valence-electron chi connectivity index (χ3n) is 17.7. The molecule has 4 aliphatic heterocycles. The maximum atomic E-state index is 14.5. The fourth-order valence-corrected chi connectivity index (χ4v) is 15.6. The molecule has 0 saturated carbocycles. The van der Waals surface area contributed by atoms with E-state index in [1.807, 2.05) is 36.4 Å². The Balaban J connectivity index is 0.000000212. The zero-order valence-corrected chi connectivity index (χ0v) is 56.5. The summed E-state index contributed by atoms with van der Waals surface area (Å²) < 4.78 is 59.3. The van der Waals surface area contributed by atoms with Gasteiger partial charge in [-0.25, -0.2) is 29.0 Å². The van der Waals surface area contributed by atoms with Crippen molar-refractivity contribution in [2.75, 3.05) is 52.3 Å². The molecule has 4 aromatic heterocycles. The van der Waals surface area contributed by atoms with Gasteiger partial charge < -0.3 is 19.6 Å². The van der Waals surface area contributed by atoms with Crippen molar-refractivity contribution in [3.8, 4) is 0 Å². The Labute approximate surface area is 530 Å². The summed E-state index contributed by atoms with van der Waals surface area (Å²) in [5.41, 5.74) is 3.47. The third kappa shape index (κ3) is 14.7.